The normalized spacial score (nSPS) is 11.0. The van der Waals surface area contributed by atoms with E-state index in [0.29, 0.717) is 6.61 Å². The lowest BCUT2D eigenvalue weighted by molar-refractivity contribution is -0.131. The van der Waals surface area contributed by atoms with Crippen molar-refractivity contribution in [2.75, 3.05) is 0 Å². The van der Waals surface area contributed by atoms with Crippen LogP contribution < -0.4 is 4.74 Å². The van der Waals surface area contributed by atoms with Crippen LogP contribution >= 0.6 is 0 Å². The van der Waals surface area contributed by atoms with Crippen LogP contribution in [0.3, 0.4) is 0 Å². The molecule has 0 saturated heterocycles. The number of hydrogen-bond acceptors (Lipinski definition) is 3. The molecule has 1 heterocycles. The van der Waals surface area contributed by atoms with Gasteiger partial charge in [0, 0.05) is 12.6 Å². The van der Waals surface area contributed by atoms with Crippen LogP contribution in [0.1, 0.15) is 23.9 Å². The molecule has 2 aromatic rings. The second-order valence-corrected chi connectivity index (χ2v) is 4.62. The Kier molecular flexibility index (Phi) is 4.77. The maximum Gasteiger partial charge on any atom is 0.328 e. The van der Waals surface area contributed by atoms with Gasteiger partial charge in [0.2, 0.25) is 0 Å². The number of nitrogens with zero attached hydrogens (tertiary/aromatic N) is 2. The van der Waals surface area contributed by atoms with Gasteiger partial charge in [-0.2, -0.15) is 5.10 Å². The lowest BCUT2D eigenvalue weighted by Crippen LogP contribution is -2.06. The van der Waals surface area contributed by atoms with Gasteiger partial charge in [0.05, 0.1) is 11.4 Å². The van der Waals surface area contributed by atoms with Crippen LogP contribution in [0.4, 0.5) is 0 Å². The van der Waals surface area contributed by atoms with E-state index in [2.05, 4.69) is 5.10 Å². The van der Waals surface area contributed by atoms with Crippen LogP contribution in [0.5, 0.6) is 5.75 Å². The fraction of sp³-hybridized carbons (Fsp3) is 0.250. The Morgan fingerprint density at radius 2 is 2.10 bits per heavy atom. The molecule has 0 saturated carbocycles. The Bertz CT molecular complexity index is 642. The summed E-state index contributed by atoms with van der Waals surface area (Å²) in [5.74, 6) is -0.220. The van der Waals surface area contributed by atoms with Crippen LogP contribution in [0, 0.1) is 6.92 Å². The van der Waals surface area contributed by atoms with Crippen molar-refractivity contribution in [2.24, 2.45) is 0 Å². The summed E-state index contributed by atoms with van der Waals surface area (Å²) in [4.78, 5) is 10.4. The van der Waals surface area contributed by atoms with E-state index in [4.69, 9.17) is 9.84 Å². The molecule has 21 heavy (non-hydrogen) atoms. The highest BCUT2D eigenvalue weighted by Crippen LogP contribution is 2.15. The Balaban J connectivity index is 1.99. The number of hydrogen-bond donors (Lipinski definition) is 1. The number of aliphatic carboxylic acids is 1. The maximum absolute atomic E-state index is 10.4. The molecule has 0 aliphatic rings. The zero-order valence-electron chi connectivity index (χ0n) is 12.1. The molecule has 0 bridgehead atoms. The van der Waals surface area contributed by atoms with Crippen LogP contribution in [0.15, 0.2) is 36.4 Å². The molecule has 0 fully saturated rings. The van der Waals surface area contributed by atoms with E-state index in [1.807, 2.05) is 48.9 Å². The summed E-state index contributed by atoms with van der Waals surface area (Å²) in [6, 6.07) is 9.28. The summed E-state index contributed by atoms with van der Waals surface area (Å²) in [6.45, 7) is 5.27. The molecule has 110 valence electrons. The van der Waals surface area contributed by atoms with Gasteiger partial charge in [-0.25, -0.2) is 4.79 Å². The Morgan fingerprint density at radius 3 is 2.71 bits per heavy atom. The smallest absolute Gasteiger partial charge is 0.328 e. The zero-order valence-corrected chi connectivity index (χ0v) is 12.1. The van der Waals surface area contributed by atoms with Crippen LogP contribution in [0.25, 0.3) is 6.08 Å². The largest absolute Gasteiger partial charge is 0.487 e. The minimum atomic E-state index is -0.960. The summed E-state index contributed by atoms with van der Waals surface area (Å²) < 4.78 is 7.64. The first-order chi connectivity index (χ1) is 10.1. The quantitative estimate of drug-likeness (QED) is 0.829. The molecule has 0 atom stereocenters. The summed E-state index contributed by atoms with van der Waals surface area (Å²) in [7, 11) is 0. The van der Waals surface area contributed by atoms with Crippen molar-refractivity contribution in [3.8, 4) is 5.75 Å². The summed E-state index contributed by atoms with van der Waals surface area (Å²) in [5.41, 5.74) is 2.83. The van der Waals surface area contributed by atoms with Gasteiger partial charge in [-0.3, -0.25) is 4.68 Å². The molecule has 1 aromatic carbocycles. The highest BCUT2D eigenvalue weighted by Gasteiger charge is 2.04. The van der Waals surface area contributed by atoms with Crippen LogP contribution in [0.2, 0.25) is 0 Å². The molecule has 5 heteroatoms. The Labute approximate surface area is 123 Å². The van der Waals surface area contributed by atoms with Crippen molar-refractivity contribution < 1.29 is 14.6 Å². The minimum Gasteiger partial charge on any atom is -0.487 e. The predicted octanol–water partition coefficient (Wildman–Crippen LogP) is 2.89. The maximum atomic E-state index is 10.4. The van der Waals surface area contributed by atoms with E-state index in [9.17, 15) is 4.79 Å². The van der Waals surface area contributed by atoms with Gasteiger partial charge >= 0.3 is 5.97 Å². The molecular weight excluding hydrogens is 268 g/mol. The van der Waals surface area contributed by atoms with Gasteiger partial charge in [0.15, 0.2) is 0 Å². The van der Waals surface area contributed by atoms with Gasteiger partial charge in [-0.1, -0.05) is 12.1 Å². The average molecular weight is 286 g/mol. The number of carboxylic acids is 1. The fourth-order valence-electron chi connectivity index (χ4n) is 1.99. The number of benzene rings is 1. The number of carbonyl (C=O) groups is 1. The molecule has 0 unspecified atom stereocenters. The topological polar surface area (TPSA) is 64.4 Å². The first-order valence-electron chi connectivity index (χ1n) is 6.75. The first kappa shape index (κ1) is 14.8. The molecule has 0 radical (unpaired) electrons. The third kappa shape index (κ3) is 4.21. The van der Waals surface area contributed by atoms with Gasteiger partial charge < -0.3 is 9.84 Å². The van der Waals surface area contributed by atoms with Crippen molar-refractivity contribution in [3.63, 3.8) is 0 Å². The van der Waals surface area contributed by atoms with Crippen molar-refractivity contribution >= 4 is 12.0 Å². The summed E-state index contributed by atoms with van der Waals surface area (Å²) >= 11 is 0. The van der Waals surface area contributed by atoms with E-state index in [1.54, 1.807) is 6.08 Å². The highest BCUT2D eigenvalue weighted by atomic mass is 16.5. The van der Waals surface area contributed by atoms with Gasteiger partial charge in [-0.05, 0) is 43.7 Å². The summed E-state index contributed by atoms with van der Waals surface area (Å²) in [5, 5.41) is 12.9. The number of carboxylic acid groups (broad SMARTS) is 1. The van der Waals surface area contributed by atoms with Crippen LogP contribution in [-0.4, -0.2) is 20.9 Å². The number of ether oxygens (including phenoxy) is 1. The first-order valence-corrected chi connectivity index (χ1v) is 6.75. The molecule has 0 aliphatic heterocycles. The molecule has 1 aromatic heterocycles. The van der Waals surface area contributed by atoms with Gasteiger partial charge in [-0.15, -0.1) is 0 Å². The average Bonchev–Trinajstić information content (AvgIpc) is 2.84. The number of aromatic nitrogens is 2. The molecular formula is C16H18N2O3. The molecule has 5 nitrogen and oxygen atoms in total. The van der Waals surface area contributed by atoms with Crippen molar-refractivity contribution in [2.45, 2.75) is 27.0 Å². The van der Waals surface area contributed by atoms with E-state index in [1.165, 1.54) is 0 Å². The van der Waals surface area contributed by atoms with Gasteiger partial charge in [0.25, 0.3) is 0 Å². The highest BCUT2D eigenvalue weighted by molar-refractivity contribution is 5.85. The second-order valence-electron chi connectivity index (χ2n) is 4.62. The fourth-order valence-corrected chi connectivity index (χ4v) is 1.99. The zero-order chi connectivity index (χ0) is 15.2. The Morgan fingerprint density at radius 1 is 1.38 bits per heavy atom. The third-order valence-electron chi connectivity index (χ3n) is 2.97. The standard InChI is InChI=1S/C16H18N2O3/c1-3-18-14(10-12(2)17-18)11-21-15-7-4-13(5-8-15)6-9-16(19)20/h4-10H,3,11H2,1-2H3,(H,19,20). The third-order valence-corrected chi connectivity index (χ3v) is 2.97. The predicted molar refractivity (Wildman–Crippen MR) is 80.1 cm³/mol. The summed E-state index contributed by atoms with van der Waals surface area (Å²) in [6.07, 6.45) is 2.65. The van der Waals surface area contributed by atoms with E-state index < -0.39 is 5.97 Å². The molecule has 1 N–H and O–H groups in total. The second kappa shape index (κ2) is 6.74. The minimum absolute atomic E-state index is 0.457. The van der Waals surface area contributed by atoms with Crippen molar-refractivity contribution in [3.05, 3.63) is 53.4 Å². The van der Waals surface area contributed by atoms with E-state index in [-0.39, 0.29) is 0 Å². The van der Waals surface area contributed by atoms with Crippen molar-refractivity contribution in [1.29, 1.82) is 0 Å². The Hall–Kier alpha value is -2.56. The monoisotopic (exact) mass is 286 g/mol. The number of rotatable bonds is 6. The van der Waals surface area contributed by atoms with E-state index >= 15 is 0 Å². The lowest BCUT2D eigenvalue weighted by atomic mass is 10.2. The molecule has 2 rings (SSSR count). The molecule has 0 spiro atoms. The lowest BCUT2D eigenvalue weighted by Gasteiger charge is -2.07. The van der Waals surface area contributed by atoms with Crippen molar-refractivity contribution in [1.82, 2.24) is 9.78 Å². The molecule has 0 amide bonds. The van der Waals surface area contributed by atoms with Gasteiger partial charge in [0.1, 0.15) is 12.4 Å². The van der Waals surface area contributed by atoms with E-state index in [0.717, 1.165) is 35.3 Å². The van der Waals surface area contributed by atoms with Crippen LogP contribution in [-0.2, 0) is 17.9 Å². The number of aryl methyl sites for hydroxylation is 2. The SMILES string of the molecule is CCn1nc(C)cc1COc1ccc(C=CC(=O)O)cc1. The molecule has 0 aliphatic carbocycles.